The minimum atomic E-state index is -0.304. The van der Waals surface area contributed by atoms with Crippen molar-refractivity contribution in [3.8, 4) is 0 Å². The van der Waals surface area contributed by atoms with Gasteiger partial charge in [0, 0.05) is 18.9 Å². The second kappa shape index (κ2) is 9.16. The average molecular weight is 346 g/mol. The quantitative estimate of drug-likeness (QED) is 0.468. The number of carbonyl (C=O) groups is 1. The number of carbonyl (C=O) groups excluding carboxylic acids is 1. The number of nitrogens with one attached hydrogen (secondary N) is 1. The number of aliphatic hydroxyl groups excluding tert-OH is 1. The smallest absolute Gasteiger partial charge is 0.222 e. The van der Waals surface area contributed by atoms with Gasteiger partial charge in [0.05, 0.1) is 41.8 Å². The van der Waals surface area contributed by atoms with Crippen molar-refractivity contribution in [1.29, 1.82) is 0 Å². The molecule has 5 nitrogen and oxygen atoms in total. The lowest BCUT2D eigenvalue weighted by Gasteiger charge is -2.34. The minimum absolute atomic E-state index is 0.0545. The molecule has 2 atom stereocenters. The summed E-state index contributed by atoms with van der Waals surface area (Å²) in [5.41, 5.74) is 0.178. The Hall–Kier alpha value is -0.650. The van der Waals surface area contributed by atoms with Gasteiger partial charge in [0.25, 0.3) is 0 Å². The summed E-state index contributed by atoms with van der Waals surface area (Å²) >= 11 is 0. The van der Waals surface area contributed by atoms with Crippen molar-refractivity contribution < 1.29 is 18.9 Å². The van der Waals surface area contributed by atoms with Crippen LogP contribution in [0.25, 0.3) is 0 Å². The Kier molecular flexibility index (Phi) is 8.91. The standard InChI is InChI=1S/C19H42N3O2/c1-16(13-19(2,3)4)18(24)20-11-10-12-22(8,9)15-17(23)14-21(5,6)7/h16-17,23H,10-15H2,1-9H3/q+1/p+1. The molecule has 0 aliphatic carbocycles. The monoisotopic (exact) mass is 345 g/mol. The van der Waals surface area contributed by atoms with Crippen molar-refractivity contribution in [2.24, 2.45) is 11.3 Å². The van der Waals surface area contributed by atoms with Gasteiger partial charge in [0.15, 0.2) is 6.10 Å². The number of rotatable bonds is 10. The van der Waals surface area contributed by atoms with Crippen molar-refractivity contribution in [2.45, 2.75) is 46.6 Å². The first-order valence-electron chi connectivity index (χ1n) is 9.19. The molecule has 0 spiro atoms. The summed E-state index contributed by atoms with van der Waals surface area (Å²) in [5.74, 6) is 0.208. The van der Waals surface area contributed by atoms with Crippen LogP contribution in [0.3, 0.4) is 0 Å². The van der Waals surface area contributed by atoms with E-state index in [1.54, 1.807) is 0 Å². The summed E-state index contributed by atoms with van der Waals surface area (Å²) in [6.07, 6.45) is 1.52. The molecule has 0 bridgehead atoms. The summed E-state index contributed by atoms with van der Waals surface area (Å²) in [5, 5.41) is 13.3. The zero-order valence-electron chi connectivity index (χ0n) is 17.6. The van der Waals surface area contributed by atoms with Gasteiger partial charge < -0.3 is 19.4 Å². The summed E-state index contributed by atoms with van der Waals surface area (Å²) in [6, 6.07) is 0. The second-order valence-electron chi connectivity index (χ2n) is 10.3. The lowest BCUT2D eigenvalue weighted by Crippen LogP contribution is -2.51. The highest BCUT2D eigenvalue weighted by atomic mass is 16.3. The van der Waals surface area contributed by atoms with Crippen molar-refractivity contribution >= 4 is 5.91 Å². The molecule has 0 aromatic carbocycles. The molecule has 5 heteroatoms. The molecule has 144 valence electrons. The van der Waals surface area contributed by atoms with E-state index in [9.17, 15) is 9.90 Å². The normalized spacial score (nSPS) is 15.9. The van der Waals surface area contributed by atoms with Crippen molar-refractivity contribution in [2.75, 3.05) is 61.4 Å². The highest BCUT2D eigenvalue weighted by molar-refractivity contribution is 5.78. The summed E-state index contributed by atoms with van der Waals surface area (Å²) < 4.78 is 1.54. The van der Waals surface area contributed by atoms with Crippen LogP contribution in [0.2, 0.25) is 0 Å². The van der Waals surface area contributed by atoms with E-state index in [0.29, 0.717) is 6.54 Å². The molecule has 0 radical (unpaired) electrons. The summed E-state index contributed by atoms with van der Waals surface area (Å²) in [7, 11) is 10.6. The molecule has 2 N–H and O–H groups in total. The number of likely N-dealkylation sites (N-methyl/N-ethyl adjacent to an activating group) is 2. The molecule has 24 heavy (non-hydrogen) atoms. The van der Waals surface area contributed by atoms with Crippen LogP contribution in [0.4, 0.5) is 0 Å². The minimum Gasteiger partial charge on any atom is -0.382 e. The van der Waals surface area contributed by atoms with E-state index >= 15 is 0 Å². The third-order valence-corrected chi connectivity index (χ3v) is 4.07. The molecule has 0 aliphatic rings. The molecule has 0 rings (SSSR count). The molecule has 0 saturated carbocycles. The van der Waals surface area contributed by atoms with Crippen molar-refractivity contribution in [1.82, 2.24) is 5.32 Å². The first-order valence-corrected chi connectivity index (χ1v) is 9.19. The molecule has 1 amide bonds. The number of hydrogen-bond donors (Lipinski definition) is 2. The summed E-state index contributed by atoms with van der Waals surface area (Å²) in [4.78, 5) is 12.1. The molecule has 0 heterocycles. The fourth-order valence-corrected chi connectivity index (χ4v) is 3.26. The molecular formula is C19H43N3O2+2. The van der Waals surface area contributed by atoms with Crippen LogP contribution in [0.1, 0.15) is 40.5 Å². The van der Waals surface area contributed by atoms with Gasteiger partial charge in [0.2, 0.25) is 5.91 Å². The van der Waals surface area contributed by atoms with Crippen molar-refractivity contribution in [3.05, 3.63) is 0 Å². The number of aliphatic hydroxyl groups is 1. The first kappa shape index (κ1) is 23.4. The molecule has 0 saturated heterocycles. The fraction of sp³-hybridized carbons (Fsp3) is 0.947. The van der Waals surface area contributed by atoms with Gasteiger partial charge >= 0.3 is 0 Å². The Morgan fingerprint density at radius 3 is 2.08 bits per heavy atom. The van der Waals surface area contributed by atoms with Crippen LogP contribution in [0.5, 0.6) is 0 Å². The maximum absolute atomic E-state index is 12.1. The number of amides is 1. The van der Waals surface area contributed by atoms with Crippen LogP contribution in [0, 0.1) is 11.3 Å². The van der Waals surface area contributed by atoms with Gasteiger partial charge in [-0.15, -0.1) is 0 Å². The lowest BCUT2D eigenvalue weighted by atomic mass is 9.85. The van der Waals surface area contributed by atoms with Crippen LogP contribution in [0.15, 0.2) is 0 Å². The maximum atomic E-state index is 12.1. The van der Waals surface area contributed by atoms with Gasteiger partial charge in [-0.25, -0.2) is 0 Å². The van der Waals surface area contributed by atoms with E-state index in [1.165, 1.54) is 0 Å². The number of hydrogen-bond acceptors (Lipinski definition) is 2. The van der Waals surface area contributed by atoms with Crippen LogP contribution in [-0.4, -0.2) is 87.5 Å². The highest BCUT2D eigenvalue weighted by Gasteiger charge is 2.25. The van der Waals surface area contributed by atoms with E-state index in [1.807, 2.05) is 6.92 Å². The molecule has 0 aromatic heterocycles. The van der Waals surface area contributed by atoms with E-state index in [2.05, 4.69) is 61.3 Å². The van der Waals surface area contributed by atoms with Gasteiger partial charge in [-0.05, 0) is 11.8 Å². The van der Waals surface area contributed by atoms with Crippen LogP contribution < -0.4 is 5.32 Å². The zero-order chi connectivity index (χ0) is 19.2. The Morgan fingerprint density at radius 1 is 1.08 bits per heavy atom. The SMILES string of the molecule is CC(CC(C)(C)C)C(=O)NCCC[N+](C)(C)CC(O)C[N+](C)(C)C. The molecule has 2 unspecified atom stereocenters. The third kappa shape index (κ3) is 12.7. The number of quaternary nitrogens is 2. The maximum Gasteiger partial charge on any atom is 0.222 e. The topological polar surface area (TPSA) is 49.3 Å². The third-order valence-electron chi connectivity index (χ3n) is 4.07. The predicted octanol–water partition coefficient (Wildman–Crippen LogP) is 1.71. The Bertz CT molecular complexity index is 381. The Balaban J connectivity index is 4.10. The molecular weight excluding hydrogens is 302 g/mol. The molecule has 0 aliphatic heterocycles. The van der Waals surface area contributed by atoms with Crippen LogP contribution >= 0.6 is 0 Å². The van der Waals surface area contributed by atoms with Gasteiger partial charge in [-0.3, -0.25) is 4.79 Å². The first-order chi connectivity index (χ1) is 10.6. The Morgan fingerprint density at radius 2 is 1.62 bits per heavy atom. The summed E-state index contributed by atoms with van der Waals surface area (Å²) in [6.45, 7) is 11.6. The van der Waals surface area contributed by atoms with E-state index in [4.69, 9.17) is 0 Å². The fourth-order valence-electron chi connectivity index (χ4n) is 3.26. The molecule has 0 fully saturated rings. The second-order valence-corrected chi connectivity index (χ2v) is 10.3. The van der Waals surface area contributed by atoms with Crippen molar-refractivity contribution in [3.63, 3.8) is 0 Å². The van der Waals surface area contributed by atoms with Gasteiger partial charge in [0.1, 0.15) is 13.1 Å². The van der Waals surface area contributed by atoms with Crippen LogP contribution in [-0.2, 0) is 4.79 Å². The number of nitrogens with zero attached hydrogens (tertiary/aromatic N) is 2. The van der Waals surface area contributed by atoms with E-state index < -0.39 is 0 Å². The van der Waals surface area contributed by atoms with E-state index in [-0.39, 0.29) is 23.3 Å². The lowest BCUT2D eigenvalue weighted by molar-refractivity contribution is -0.907. The Labute approximate surface area is 150 Å². The zero-order valence-corrected chi connectivity index (χ0v) is 17.6. The van der Waals surface area contributed by atoms with E-state index in [0.717, 1.165) is 41.4 Å². The van der Waals surface area contributed by atoms with Gasteiger partial charge in [-0.1, -0.05) is 27.7 Å². The molecule has 0 aromatic rings. The largest absolute Gasteiger partial charge is 0.382 e. The van der Waals surface area contributed by atoms with Gasteiger partial charge in [-0.2, -0.15) is 0 Å². The highest BCUT2D eigenvalue weighted by Crippen LogP contribution is 2.24. The predicted molar refractivity (Wildman–Crippen MR) is 102 cm³/mol. The average Bonchev–Trinajstić information content (AvgIpc) is 2.28.